The van der Waals surface area contributed by atoms with E-state index >= 15 is 0 Å². The topological polar surface area (TPSA) is 72.2 Å². The van der Waals surface area contributed by atoms with Gasteiger partial charge in [0.25, 0.3) is 0 Å². The predicted molar refractivity (Wildman–Crippen MR) is 84.1 cm³/mol. The summed E-state index contributed by atoms with van der Waals surface area (Å²) in [6.45, 7) is 2.49. The van der Waals surface area contributed by atoms with Crippen LogP contribution in [0, 0.1) is 0 Å². The van der Waals surface area contributed by atoms with Crippen LogP contribution in [0.5, 0.6) is 0 Å². The van der Waals surface area contributed by atoms with Crippen LogP contribution in [0.2, 0.25) is 0 Å². The highest BCUT2D eigenvalue weighted by Gasteiger charge is 2.14. The molecule has 0 unspecified atom stereocenters. The molecule has 0 atom stereocenters. The summed E-state index contributed by atoms with van der Waals surface area (Å²) in [7, 11) is 0. The van der Waals surface area contributed by atoms with Crippen molar-refractivity contribution >= 4 is 16.9 Å². The molecule has 0 radical (unpaired) electrons. The molecule has 5 heteroatoms. The van der Waals surface area contributed by atoms with Crippen LogP contribution in [0.1, 0.15) is 17.3 Å². The molecule has 1 aromatic carbocycles. The second-order valence-corrected chi connectivity index (χ2v) is 4.94. The second-order valence-electron chi connectivity index (χ2n) is 4.94. The quantitative estimate of drug-likeness (QED) is 0.806. The number of fused-ring (bicyclic) bond motifs is 1. The fourth-order valence-electron chi connectivity index (χ4n) is 2.52. The highest BCUT2D eigenvalue weighted by Crippen LogP contribution is 2.23. The summed E-state index contributed by atoms with van der Waals surface area (Å²) >= 11 is 0. The number of carboxylic acid groups (broad SMARTS) is 1. The van der Waals surface area contributed by atoms with Crippen LogP contribution in [0.4, 0.5) is 0 Å². The number of carboxylic acids is 1. The van der Waals surface area contributed by atoms with E-state index < -0.39 is 11.4 Å². The first-order chi connectivity index (χ1) is 10.6. The van der Waals surface area contributed by atoms with Crippen molar-refractivity contribution < 1.29 is 9.90 Å². The minimum Gasteiger partial charge on any atom is -0.477 e. The van der Waals surface area contributed by atoms with Gasteiger partial charge in [0.15, 0.2) is 0 Å². The standard InChI is InChI=1S/C17H14N2O3/c1-2-19-10-14(17(21)22)16(20)13-6-5-11(8-15(13)19)12-4-3-7-18-9-12/h3-10H,2H2,1H3,(H,21,22). The van der Waals surface area contributed by atoms with Gasteiger partial charge in [0.2, 0.25) is 5.43 Å². The van der Waals surface area contributed by atoms with Crippen molar-refractivity contribution in [2.75, 3.05) is 0 Å². The van der Waals surface area contributed by atoms with Gasteiger partial charge in [0.1, 0.15) is 5.56 Å². The van der Waals surface area contributed by atoms with E-state index in [-0.39, 0.29) is 5.56 Å². The van der Waals surface area contributed by atoms with E-state index in [0.717, 1.165) is 16.6 Å². The first-order valence-corrected chi connectivity index (χ1v) is 6.92. The number of pyridine rings is 2. The van der Waals surface area contributed by atoms with Gasteiger partial charge in [-0.25, -0.2) is 4.79 Å². The van der Waals surface area contributed by atoms with E-state index in [0.29, 0.717) is 11.9 Å². The Morgan fingerprint density at radius 3 is 2.73 bits per heavy atom. The zero-order chi connectivity index (χ0) is 15.7. The van der Waals surface area contributed by atoms with Gasteiger partial charge in [-0.05, 0) is 30.7 Å². The van der Waals surface area contributed by atoms with E-state index in [1.54, 1.807) is 23.0 Å². The molecule has 0 aliphatic carbocycles. The van der Waals surface area contributed by atoms with E-state index in [2.05, 4.69) is 4.98 Å². The number of rotatable bonds is 3. The van der Waals surface area contributed by atoms with Crippen LogP contribution in [0.3, 0.4) is 0 Å². The van der Waals surface area contributed by atoms with Crippen molar-refractivity contribution in [3.05, 3.63) is 64.7 Å². The molecule has 0 aliphatic rings. The SMILES string of the molecule is CCn1cc(C(=O)O)c(=O)c2ccc(-c3cccnc3)cc21. The van der Waals surface area contributed by atoms with Crippen LogP contribution in [0.25, 0.3) is 22.0 Å². The summed E-state index contributed by atoms with van der Waals surface area (Å²) in [5.74, 6) is -1.20. The number of hydrogen-bond acceptors (Lipinski definition) is 3. The second kappa shape index (κ2) is 5.44. The fraction of sp³-hybridized carbons (Fsp3) is 0.118. The lowest BCUT2D eigenvalue weighted by molar-refractivity contribution is 0.0695. The third kappa shape index (κ3) is 2.26. The maximum Gasteiger partial charge on any atom is 0.341 e. The van der Waals surface area contributed by atoms with Gasteiger partial charge in [-0.1, -0.05) is 12.1 Å². The normalized spacial score (nSPS) is 10.8. The van der Waals surface area contributed by atoms with Crippen LogP contribution >= 0.6 is 0 Å². The molecule has 3 rings (SSSR count). The Morgan fingerprint density at radius 1 is 1.27 bits per heavy atom. The molecule has 5 nitrogen and oxygen atoms in total. The van der Waals surface area contributed by atoms with E-state index in [9.17, 15) is 9.59 Å². The molecule has 0 bridgehead atoms. The summed E-state index contributed by atoms with van der Waals surface area (Å²) in [5.41, 5.74) is 1.94. The van der Waals surface area contributed by atoms with E-state index in [4.69, 9.17) is 5.11 Å². The fourth-order valence-corrected chi connectivity index (χ4v) is 2.52. The number of benzene rings is 1. The van der Waals surface area contributed by atoms with Crippen molar-refractivity contribution in [2.45, 2.75) is 13.5 Å². The number of aromatic carboxylic acids is 1. The van der Waals surface area contributed by atoms with Crippen molar-refractivity contribution in [3.63, 3.8) is 0 Å². The zero-order valence-corrected chi connectivity index (χ0v) is 12.0. The van der Waals surface area contributed by atoms with Gasteiger partial charge >= 0.3 is 5.97 Å². The zero-order valence-electron chi connectivity index (χ0n) is 12.0. The summed E-state index contributed by atoms with van der Waals surface area (Å²) < 4.78 is 1.78. The molecular formula is C17H14N2O3. The number of carbonyl (C=O) groups is 1. The van der Waals surface area contributed by atoms with Crippen LogP contribution < -0.4 is 5.43 Å². The Kier molecular flexibility index (Phi) is 3.47. The molecular weight excluding hydrogens is 280 g/mol. The highest BCUT2D eigenvalue weighted by molar-refractivity contribution is 5.93. The lowest BCUT2D eigenvalue weighted by Gasteiger charge is -2.11. The predicted octanol–water partition coefficient (Wildman–Crippen LogP) is 2.78. The van der Waals surface area contributed by atoms with Gasteiger partial charge in [0.05, 0.1) is 5.52 Å². The van der Waals surface area contributed by atoms with Gasteiger partial charge in [-0.15, -0.1) is 0 Å². The van der Waals surface area contributed by atoms with Crippen LogP contribution in [0.15, 0.2) is 53.7 Å². The van der Waals surface area contributed by atoms with Crippen molar-refractivity contribution in [1.82, 2.24) is 9.55 Å². The maximum atomic E-state index is 12.3. The molecule has 2 aromatic heterocycles. The Hall–Kier alpha value is -2.95. The molecule has 0 spiro atoms. The van der Waals surface area contributed by atoms with Gasteiger partial charge in [-0.3, -0.25) is 9.78 Å². The van der Waals surface area contributed by atoms with Crippen molar-refractivity contribution in [1.29, 1.82) is 0 Å². The molecule has 2 heterocycles. The van der Waals surface area contributed by atoms with Crippen molar-refractivity contribution in [3.8, 4) is 11.1 Å². The smallest absolute Gasteiger partial charge is 0.341 e. The molecule has 0 aliphatic heterocycles. The average Bonchev–Trinajstić information content (AvgIpc) is 2.55. The molecule has 0 fully saturated rings. The lowest BCUT2D eigenvalue weighted by atomic mass is 10.0. The molecule has 0 saturated heterocycles. The van der Waals surface area contributed by atoms with Gasteiger partial charge < -0.3 is 9.67 Å². The molecule has 22 heavy (non-hydrogen) atoms. The van der Waals surface area contributed by atoms with Crippen molar-refractivity contribution in [2.24, 2.45) is 0 Å². The third-order valence-corrected chi connectivity index (χ3v) is 3.65. The molecule has 110 valence electrons. The first-order valence-electron chi connectivity index (χ1n) is 6.92. The largest absolute Gasteiger partial charge is 0.477 e. The first kappa shape index (κ1) is 14.0. The maximum absolute atomic E-state index is 12.3. The molecule has 0 amide bonds. The Balaban J connectivity index is 2.31. The van der Waals surface area contributed by atoms with E-state index in [1.807, 2.05) is 31.2 Å². The number of aromatic nitrogens is 2. The number of aryl methyl sites for hydroxylation is 1. The van der Waals surface area contributed by atoms with E-state index in [1.165, 1.54) is 6.20 Å². The third-order valence-electron chi connectivity index (χ3n) is 3.65. The Labute approximate surface area is 126 Å². The summed E-state index contributed by atoms with van der Waals surface area (Å²) in [6, 6.07) is 9.17. The Morgan fingerprint density at radius 2 is 2.09 bits per heavy atom. The van der Waals surface area contributed by atoms with Gasteiger partial charge in [0, 0.05) is 36.1 Å². The summed E-state index contributed by atoms with van der Waals surface area (Å²) in [4.78, 5) is 27.6. The van der Waals surface area contributed by atoms with Crippen LogP contribution in [-0.4, -0.2) is 20.6 Å². The number of nitrogens with zero attached hydrogens (tertiary/aromatic N) is 2. The minimum atomic E-state index is -1.20. The summed E-state index contributed by atoms with van der Waals surface area (Å²) in [5, 5.41) is 9.57. The monoisotopic (exact) mass is 294 g/mol. The lowest BCUT2D eigenvalue weighted by Crippen LogP contribution is -2.18. The summed E-state index contributed by atoms with van der Waals surface area (Å²) in [6.07, 6.45) is 4.85. The molecule has 0 saturated carbocycles. The average molecular weight is 294 g/mol. The van der Waals surface area contributed by atoms with Gasteiger partial charge in [-0.2, -0.15) is 0 Å². The van der Waals surface area contributed by atoms with Crippen LogP contribution in [-0.2, 0) is 6.54 Å². The minimum absolute atomic E-state index is 0.205. The molecule has 3 aromatic rings. The molecule has 1 N–H and O–H groups in total. The number of hydrogen-bond donors (Lipinski definition) is 1. The highest BCUT2D eigenvalue weighted by atomic mass is 16.4. The Bertz CT molecular complexity index is 914.